The molecule has 2 rings (SSSR count). The van der Waals surface area contributed by atoms with Crippen molar-refractivity contribution in [2.24, 2.45) is 0 Å². The van der Waals surface area contributed by atoms with Crippen LogP contribution in [0.3, 0.4) is 0 Å². The fourth-order valence-electron chi connectivity index (χ4n) is 2.46. The van der Waals surface area contributed by atoms with Gasteiger partial charge in [0.2, 0.25) is 0 Å². The summed E-state index contributed by atoms with van der Waals surface area (Å²) >= 11 is 3.52. The van der Waals surface area contributed by atoms with Crippen LogP contribution in [-0.4, -0.2) is 13.2 Å². The van der Waals surface area contributed by atoms with Gasteiger partial charge in [-0.1, -0.05) is 53.2 Å². The minimum Gasteiger partial charge on any atom is -0.495 e. The molecule has 1 unspecified atom stereocenters. The second-order valence-electron chi connectivity index (χ2n) is 5.24. The van der Waals surface area contributed by atoms with Gasteiger partial charge >= 0.3 is 0 Å². The van der Waals surface area contributed by atoms with Gasteiger partial charge in [0.25, 0.3) is 0 Å². The zero-order valence-electron chi connectivity index (χ0n) is 12.8. The van der Waals surface area contributed by atoms with Crippen molar-refractivity contribution in [3.63, 3.8) is 0 Å². The van der Waals surface area contributed by atoms with Crippen LogP contribution >= 0.6 is 15.9 Å². The molecule has 0 aromatic heterocycles. The van der Waals surface area contributed by atoms with Crippen LogP contribution in [0.15, 0.2) is 46.9 Å². The van der Waals surface area contributed by atoms with Gasteiger partial charge < -0.3 is 10.1 Å². The van der Waals surface area contributed by atoms with E-state index in [0.717, 1.165) is 28.8 Å². The van der Waals surface area contributed by atoms with Crippen LogP contribution < -0.4 is 10.1 Å². The molecule has 3 heteroatoms. The molecular weight excluding hydrogens is 326 g/mol. The van der Waals surface area contributed by atoms with E-state index >= 15 is 0 Å². The van der Waals surface area contributed by atoms with Crippen LogP contribution in [0.5, 0.6) is 5.75 Å². The molecule has 2 nitrogen and oxygen atoms in total. The highest BCUT2D eigenvalue weighted by Crippen LogP contribution is 2.33. The molecule has 1 atom stereocenters. The van der Waals surface area contributed by atoms with Gasteiger partial charge in [-0.3, -0.25) is 0 Å². The molecule has 0 aliphatic rings. The minimum atomic E-state index is 0.390. The number of methoxy groups -OCH3 is 1. The first-order chi connectivity index (χ1) is 10.1. The van der Waals surface area contributed by atoms with E-state index in [2.05, 4.69) is 71.5 Å². The van der Waals surface area contributed by atoms with Crippen LogP contribution in [0.1, 0.15) is 24.5 Å². The predicted octanol–water partition coefficient (Wildman–Crippen LogP) is 5.20. The van der Waals surface area contributed by atoms with Gasteiger partial charge in [-0.25, -0.2) is 0 Å². The van der Waals surface area contributed by atoms with Crippen molar-refractivity contribution in [1.82, 2.24) is 0 Å². The molecule has 0 fully saturated rings. The summed E-state index contributed by atoms with van der Waals surface area (Å²) in [6, 6.07) is 15.1. The molecular formula is C18H22BrNO. The molecule has 0 aliphatic heterocycles. The fourth-order valence-corrected chi connectivity index (χ4v) is 3.01. The molecule has 0 saturated heterocycles. The van der Waals surface area contributed by atoms with E-state index in [1.165, 1.54) is 11.1 Å². The summed E-state index contributed by atoms with van der Waals surface area (Å²) in [6.45, 7) is 4.31. The summed E-state index contributed by atoms with van der Waals surface area (Å²) in [5, 5.41) is 3.65. The molecule has 2 aromatic rings. The van der Waals surface area contributed by atoms with Crippen LogP contribution in [0.4, 0.5) is 5.69 Å². The van der Waals surface area contributed by atoms with E-state index in [-0.39, 0.29) is 0 Å². The number of ether oxygens (including phenoxy) is 1. The van der Waals surface area contributed by atoms with E-state index in [0.29, 0.717) is 6.04 Å². The predicted molar refractivity (Wildman–Crippen MR) is 93.3 cm³/mol. The summed E-state index contributed by atoms with van der Waals surface area (Å²) in [5.41, 5.74) is 3.63. The third-order valence-corrected chi connectivity index (χ3v) is 4.11. The topological polar surface area (TPSA) is 21.3 Å². The van der Waals surface area contributed by atoms with E-state index < -0.39 is 0 Å². The van der Waals surface area contributed by atoms with Crippen LogP contribution in [-0.2, 0) is 6.42 Å². The summed E-state index contributed by atoms with van der Waals surface area (Å²) in [6.07, 6.45) is 2.07. The van der Waals surface area contributed by atoms with Crippen LogP contribution in [0.25, 0.3) is 0 Å². The quantitative estimate of drug-likeness (QED) is 0.775. The van der Waals surface area contributed by atoms with Crippen molar-refractivity contribution in [3.8, 4) is 5.75 Å². The number of halogens is 1. The Morgan fingerprint density at radius 2 is 1.90 bits per heavy atom. The summed E-state index contributed by atoms with van der Waals surface area (Å²) in [4.78, 5) is 0. The molecule has 2 aromatic carbocycles. The Kier molecular flexibility index (Phi) is 5.68. The van der Waals surface area contributed by atoms with E-state index in [4.69, 9.17) is 4.74 Å². The summed E-state index contributed by atoms with van der Waals surface area (Å²) in [7, 11) is 1.71. The third-order valence-electron chi connectivity index (χ3n) is 3.65. The number of nitrogens with one attached hydrogen (secondary N) is 1. The number of rotatable bonds is 6. The zero-order valence-corrected chi connectivity index (χ0v) is 14.4. The van der Waals surface area contributed by atoms with Crippen molar-refractivity contribution in [3.05, 3.63) is 58.1 Å². The highest BCUT2D eigenvalue weighted by Gasteiger charge is 2.13. The third kappa shape index (κ3) is 4.24. The van der Waals surface area contributed by atoms with E-state index in [1.807, 2.05) is 6.07 Å². The number of benzene rings is 2. The number of hydrogen-bond acceptors (Lipinski definition) is 2. The molecule has 0 heterocycles. The van der Waals surface area contributed by atoms with Crippen LogP contribution in [0, 0.1) is 6.92 Å². The average Bonchev–Trinajstić information content (AvgIpc) is 2.49. The first kappa shape index (κ1) is 15.9. The molecule has 0 radical (unpaired) electrons. The van der Waals surface area contributed by atoms with Crippen molar-refractivity contribution < 1.29 is 4.74 Å². The Balaban J connectivity index is 2.19. The fraction of sp³-hybridized carbons (Fsp3) is 0.333. The van der Waals surface area contributed by atoms with Crippen molar-refractivity contribution >= 4 is 21.6 Å². The normalized spacial score (nSPS) is 12.0. The summed E-state index contributed by atoms with van der Waals surface area (Å²) < 4.78 is 6.55. The second-order valence-corrected chi connectivity index (χ2v) is 6.15. The van der Waals surface area contributed by atoms with E-state index in [9.17, 15) is 0 Å². The molecule has 0 aliphatic carbocycles. The molecule has 0 saturated carbocycles. The molecule has 21 heavy (non-hydrogen) atoms. The Bertz CT molecular complexity index is 583. The van der Waals surface area contributed by atoms with Gasteiger partial charge in [0.05, 0.1) is 12.8 Å². The molecule has 0 spiro atoms. The number of hydrogen-bond donors (Lipinski definition) is 1. The highest BCUT2D eigenvalue weighted by molar-refractivity contribution is 9.10. The first-order valence-corrected chi connectivity index (χ1v) is 8.08. The summed E-state index contributed by atoms with van der Waals surface area (Å²) in [5.74, 6) is 0.883. The van der Waals surface area contributed by atoms with Crippen molar-refractivity contribution in [1.29, 1.82) is 0 Å². The Labute approximate surface area is 135 Å². The van der Waals surface area contributed by atoms with Gasteiger partial charge in [-0.2, -0.15) is 0 Å². The van der Waals surface area contributed by atoms with Gasteiger partial charge in [-0.05, 0) is 43.0 Å². The Morgan fingerprint density at radius 1 is 1.19 bits per heavy atom. The molecule has 112 valence electrons. The molecule has 0 bridgehead atoms. The molecule has 0 amide bonds. The van der Waals surface area contributed by atoms with Gasteiger partial charge in [0, 0.05) is 10.5 Å². The van der Waals surface area contributed by atoms with Crippen molar-refractivity contribution in [2.45, 2.75) is 32.7 Å². The zero-order chi connectivity index (χ0) is 15.2. The first-order valence-electron chi connectivity index (χ1n) is 7.28. The van der Waals surface area contributed by atoms with E-state index in [1.54, 1.807) is 7.11 Å². The van der Waals surface area contributed by atoms with Gasteiger partial charge in [0.15, 0.2) is 0 Å². The average molecular weight is 348 g/mol. The van der Waals surface area contributed by atoms with Crippen molar-refractivity contribution in [2.75, 3.05) is 12.4 Å². The molecule has 1 N–H and O–H groups in total. The monoisotopic (exact) mass is 347 g/mol. The minimum absolute atomic E-state index is 0.390. The maximum absolute atomic E-state index is 5.51. The van der Waals surface area contributed by atoms with Gasteiger partial charge in [-0.15, -0.1) is 0 Å². The standard InChI is InChI=1S/C18H22BrNO/c1-4-16(11-14-8-6-5-7-9-14)20-18-13(2)10-15(19)12-17(18)21-3/h5-10,12,16,20H,4,11H2,1-3H3. The van der Waals surface area contributed by atoms with Gasteiger partial charge in [0.1, 0.15) is 5.75 Å². The lowest BCUT2D eigenvalue weighted by atomic mass is 10.0. The van der Waals surface area contributed by atoms with Crippen LogP contribution in [0.2, 0.25) is 0 Å². The maximum Gasteiger partial charge on any atom is 0.143 e. The number of anilines is 1. The maximum atomic E-state index is 5.51. The second kappa shape index (κ2) is 7.51. The number of aryl methyl sites for hydroxylation is 1. The largest absolute Gasteiger partial charge is 0.495 e. The Morgan fingerprint density at radius 3 is 2.52 bits per heavy atom. The SMILES string of the molecule is CCC(Cc1ccccc1)Nc1c(C)cc(Br)cc1OC. The smallest absolute Gasteiger partial charge is 0.143 e. The highest BCUT2D eigenvalue weighted by atomic mass is 79.9. The lowest BCUT2D eigenvalue weighted by molar-refractivity contribution is 0.415. The lowest BCUT2D eigenvalue weighted by Gasteiger charge is -2.22. The Hall–Kier alpha value is -1.48. The lowest BCUT2D eigenvalue weighted by Crippen LogP contribution is -2.22.